The van der Waals surface area contributed by atoms with Gasteiger partial charge in [0.05, 0.1) is 0 Å². The summed E-state index contributed by atoms with van der Waals surface area (Å²) in [6.07, 6.45) is 5.99. The topological polar surface area (TPSA) is 9.23 Å². The Morgan fingerprint density at radius 2 is 1.31 bits per heavy atom. The van der Waals surface area contributed by atoms with Crippen LogP contribution >= 0.6 is 0 Å². The Hall–Kier alpha value is -1.80. The molecule has 0 unspecified atom stereocenters. The SMILES string of the molecule is C=CC=CC.C[Si]OC(C)C.Cc1cc2ccccc2[cH-]1.Cc1cc2ccccc2[cH-]1.[Zr+2]. The van der Waals surface area contributed by atoms with Crippen molar-refractivity contribution in [3.8, 4) is 0 Å². The molecular formula is C29H36OSiZr. The summed E-state index contributed by atoms with van der Waals surface area (Å²) in [5.41, 5.74) is 2.70. The summed E-state index contributed by atoms with van der Waals surface area (Å²) in [5, 5.41) is 5.39. The van der Waals surface area contributed by atoms with Gasteiger partial charge in [-0.2, -0.15) is 12.1 Å². The van der Waals surface area contributed by atoms with E-state index in [0.29, 0.717) is 15.9 Å². The average molecular weight is 520 g/mol. The number of hydrogen-bond donors (Lipinski definition) is 0. The van der Waals surface area contributed by atoms with Gasteiger partial charge in [0.1, 0.15) is 0 Å². The molecule has 0 amide bonds. The fourth-order valence-electron chi connectivity index (χ4n) is 2.98. The predicted molar refractivity (Wildman–Crippen MR) is 141 cm³/mol. The Bertz CT molecular complexity index is 901. The molecule has 0 bridgehead atoms. The minimum absolute atomic E-state index is 0. The molecule has 0 aliphatic carbocycles. The van der Waals surface area contributed by atoms with E-state index in [-0.39, 0.29) is 26.2 Å². The van der Waals surface area contributed by atoms with E-state index in [2.05, 4.69) is 93.2 Å². The van der Waals surface area contributed by atoms with Crippen LogP contribution in [-0.2, 0) is 30.6 Å². The molecule has 0 spiro atoms. The Morgan fingerprint density at radius 1 is 0.875 bits per heavy atom. The van der Waals surface area contributed by atoms with E-state index >= 15 is 0 Å². The van der Waals surface area contributed by atoms with Gasteiger partial charge in [-0.3, -0.25) is 0 Å². The summed E-state index contributed by atoms with van der Waals surface area (Å²) in [6.45, 7) is 15.8. The van der Waals surface area contributed by atoms with Crippen molar-refractivity contribution < 1.29 is 30.6 Å². The first-order valence-electron chi connectivity index (χ1n) is 10.7. The third-order valence-electron chi connectivity index (χ3n) is 4.21. The van der Waals surface area contributed by atoms with E-state index in [9.17, 15) is 0 Å². The summed E-state index contributed by atoms with van der Waals surface area (Å²) in [4.78, 5) is 0. The molecule has 32 heavy (non-hydrogen) atoms. The maximum atomic E-state index is 5.07. The smallest absolute Gasteiger partial charge is 0.415 e. The molecule has 0 saturated heterocycles. The monoisotopic (exact) mass is 518 g/mol. The van der Waals surface area contributed by atoms with Crippen LogP contribution in [0.3, 0.4) is 0 Å². The van der Waals surface area contributed by atoms with Gasteiger partial charge in [0.25, 0.3) is 0 Å². The zero-order chi connectivity index (χ0) is 23.1. The first-order chi connectivity index (χ1) is 14.9. The van der Waals surface area contributed by atoms with Crippen molar-refractivity contribution in [3.05, 3.63) is 109 Å². The zero-order valence-corrected chi connectivity index (χ0v) is 23.8. The summed E-state index contributed by atoms with van der Waals surface area (Å²) in [7, 11) is 0.638. The van der Waals surface area contributed by atoms with Gasteiger partial charge in [-0.15, -0.1) is 81.2 Å². The van der Waals surface area contributed by atoms with Crippen molar-refractivity contribution in [3.63, 3.8) is 0 Å². The Balaban J connectivity index is 0.000000416. The molecule has 0 aliphatic heterocycles. The second-order valence-electron chi connectivity index (χ2n) is 7.46. The molecule has 0 saturated carbocycles. The molecule has 1 nitrogen and oxygen atoms in total. The molecule has 0 atom stereocenters. The average Bonchev–Trinajstić information content (AvgIpc) is 3.30. The van der Waals surface area contributed by atoms with Crippen LogP contribution in [0.4, 0.5) is 0 Å². The van der Waals surface area contributed by atoms with Gasteiger partial charge < -0.3 is 4.43 Å². The minimum atomic E-state index is 0. The van der Waals surface area contributed by atoms with Gasteiger partial charge in [-0.25, -0.2) is 0 Å². The van der Waals surface area contributed by atoms with Crippen molar-refractivity contribution in [2.24, 2.45) is 0 Å². The second kappa shape index (κ2) is 17.7. The molecule has 2 radical (unpaired) electrons. The van der Waals surface area contributed by atoms with Gasteiger partial charge in [0, 0.05) is 6.10 Å². The first-order valence-corrected chi connectivity index (χ1v) is 12.1. The molecule has 4 rings (SSSR count). The largest absolute Gasteiger partial charge is 2.00 e. The normalized spacial score (nSPS) is 9.84. The van der Waals surface area contributed by atoms with Crippen molar-refractivity contribution in [2.75, 3.05) is 0 Å². The van der Waals surface area contributed by atoms with Gasteiger partial charge in [-0.1, -0.05) is 50.8 Å². The number of fused-ring (bicyclic) bond motifs is 2. The van der Waals surface area contributed by atoms with E-state index in [1.165, 1.54) is 32.7 Å². The summed E-state index contributed by atoms with van der Waals surface area (Å²) in [5.74, 6) is 0. The molecule has 4 aromatic carbocycles. The number of allylic oxidation sites excluding steroid dienone is 3. The van der Waals surface area contributed by atoms with E-state index in [4.69, 9.17) is 4.43 Å². The first kappa shape index (κ1) is 30.2. The minimum Gasteiger partial charge on any atom is -0.415 e. The third kappa shape index (κ3) is 12.3. The summed E-state index contributed by atoms with van der Waals surface area (Å²) < 4.78 is 5.07. The fraction of sp³-hybridized carbons (Fsp3) is 0.241. The van der Waals surface area contributed by atoms with E-state index < -0.39 is 0 Å². The van der Waals surface area contributed by atoms with Crippen LogP contribution in [0.15, 0.2) is 97.6 Å². The maximum absolute atomic E-state index is 5.07. The van der Waals surface area contributed by atoms with E-state index in [0.717, 1.165) is 0 Å². The van der Waals surface area contributed by atoms with Crippen LogP contribution in [0.2, 0.25) is 6.55 Å². The number of hydrogen-bond acceptors (Lipinski definition) is 1. The molecule has 0 N–H and O–H groups in total. The van der Waals surface area contributed by atoms with Crippen molar-refractivity contribution in [1.29, 1.82) is 0 Å². The van der Waals surface area contributed by atoms with Crippen LogP contribution in [0.25, 0.3) is 21.5 Å². The zero-order valence-electron chi connectivity index (χ0n) is 20.4. The summed E-state index contributed by atoms with van der Waals surface area (Å²) in [6, 6.07) is 25.7. The van der Waals surface area contributed by atoms with Crippen molar-refractivity contribution in [1.82, 2.24) is 0 Å². The van der Waals surface area contributed by atoms with Gasteiger partial charge >= 0.3 is 26.2 Å². The molecule has 0 aromatic heterocycles. The van der Waals surface area contributed by atoms with Gasteiger partial charge in [-0.05, 0) is 27.3 Å². The van der Waals surface area contributed by atoms with Crippen LogP contribution < -0.4 is 0 Å². The predicted octanol–water partition coefficient (Wildman–Crippen LogP) is 8.56. The fourth-order valence-corrected chi connectivity index (χ4v) is 3.46. The summed E-state index contributed by atoms with van der Waals surface area (Å²) >= 11 is 0. The van der Waals surface area contributed by atoms with E-state index in [1.807, 2.05) is 39.5 Å². The Morgan fingerprint density at radius 3 is 1.56 bits per heavy atom. The van der Waals surface area contributed by atoms with Crippen LogP contribution in [0.1, 0.15) is 31.9 Å². The molecule has 0 heterocycles. The molecule has 3 heteroatoms. The number of aryl methyl sites for hydroxylation is 2. The van der Waals surface area contributed by atoms with E-state index in [1.54, 1.807) is 6.08 Å². The maximum Gasteiger partial charge on any atom is 2.00 e. The second-order valence-corrected chi connectivity index (χ2v) is 8.10. The van der Waals surface area contributed by atoms with Crippen molar-refractivity contribution >= 4 is 31.3 Å². The standard InChI is InChI=1S/2C10H9.C5H8.C4H10OSi.Zr/c2*1-8-6-9-4-2-3-5-10(9)7-8;1-3-5-4-2;1-4(2)5-6-3;/h2*2-7H,1H3;3-5H,1H2,2H3;4H,1-3H3;/q2*-1;;;+2. The number of benzene rings is 2. The van der Waals surface area contributed by atoms with Crippen LogP contribution in [-0.4, -0.2) is 15.9 Å². The quantitative estimate of drug-likeness (QED) is 0.150. The Kier molecular flexibility index (Phi) is 16.7. The Labute approximate surface area is 217 Å². The van der Waals surface area contributed by atoms with Gasteiger partial charge in [0.15, 0.2) is 0 Å². The molecule has 0 fully saturated rings. The molecule has 4 aromatic rings. The molecule has 166 valence electrons. The van der Waals surface area contributed by atoms with Gasteiger partial charge in [0.2, 0.25) is 9.76 Å². The van der Waals surface area contributed by atoms with Crippen LogP contribution in [0.5, 0.6) is 0 Å². The molecule has 0 aliphatic rings. The van der Waals surface area contributed by atoms with Crippen LogP contribution in [0, 0.1) is 13.8 Å². The van der Waals surface area contributed by atoms with Crippen molar-refractivity contribution in [2.45, 2.75) is 47.3 Å². The molecular weight excluding hydrogens is 484 g/mol. The third-order valence-corrected chi connectivity index (χ3v) is 4.91. The number of rotatable bonds is 3.